The van der Waals surface area contributed by atoms with Crippen molar-refractivity contribution in [2.45, 2.75) is 20.3 Å². The van der Waals surface area contributed by atoms with Crippen molar-refractivity contribution < 1.29 is 13.9 Å². The van der Waals surface area contributed by atoms with Gasteiger partial charge in [0.25, 0.3) is 5.91 Å². The molecule has 1 saturated heterocycles. The van der Waals surface area contributed by atoms with Gasteiger partial charge in [0.15, 0.2) is 5.76 Å². The number of nitrogens with zero attached hydrogens (tertiary/aromatic N) is 2. The van der Waals surface area contributed by atoms with E-state index in [0.29, 0.717) is 23.3 Å². The van der Waals surface area contributed by atoms with Crippen molar-refractivity contribution in [3.63, 3.8) is 0 Å². The number of ether oxygens (including phenoxy) is 1. The Kier molecular flexibility index (Phi) is 3.86. The van der Waals surface area contributed by atoms with Crippen molar-refractivity contribution in [1.82, 2.24) is 9.88 Å². The topological polar surface area (TPSA) is 55.6 Å². The number of carbonyl (C=O) groups is 1. The summed E-state index contributed by atoms with van der Waals surface area (Å²) in [5.74, 6) is 2.11. The van der Waals surface area contributed by atoms with Crippen LogP contribution in [0.5, 0.6) is 5.75 Å². The van der Waals surface area contributed by atoms with Crippen molar-refractivity contribution in [2.24, 2.45) is 11.8 Å². The van der Waals surface area contributed by atoms with Crippen LogP contribution in [0, 0.1) is 11.8 Å². The number of carbonyl (C=O) groups excluding carboxylic acids is 1. The largest absolute Gasteiger partial charge is 0.497 e. The average Bonchev–Trinajstić information content (AvgIpc) is 3.00. The van der Waals surface area contributed by atoms with Crippen molar-refractivity contribution in [1.29, 1.82) is 0 Å². The third kappa shape index (κ3) is 2.95. The van der Waals surface area contributed by atoms with E-state index in [2.05, 4.69) is 18.8 Å². The second kappa shape index (κ2) is 6.06. The van der Waals surface area contributed by atoms with Gasteiger partial charge < -0.3 is 14.1 Å². The molecule has 3 aromatic rings. The highest BCUT2D eigenvalue weighted by Crippen LogP contribution is 2.28. The fraction of sp³-hybridized carbons (Fsp3) is 0.400. The predicted molar refractivity (Wildman–Crippen MR) is 96.9 cm³/mol. The summed E-state index contributed by atoms with van der Waals surface area (Å²) in [7, 11) is 1.63. The summed E-state index contributed by atoms with van der Waals surface area (Å²) in [4.78, 5) is 19.3. The molecule has 1 aliphatic heterocycles. The lowest BCUT2D eigenvalue weighted by Gasteiger charge is -2.34. The average molecular weight is 338 g/mol. The summed E-state index contributed by atoms with van der Waals surface area (Å²) >= 11 is 0. The van der Waals surface area contributed by atoms with E-state index in [1.807, 2.05) is 29.2 Å². The molecule has 0 spiro atoms. The van der Waals surface area contributed by atoms with Crippen molar-refractivity contribution in [3.8, 4) is 5.75 Å². The summed E-state index contributed by atoms with van der Waals surface area (Å²) in [6.45, 7) is 5.95. The summed E-state index contributed by atoms with van der Waals surface area (Å²) in [5, 5.41) is 1.84. The molecule has 0 unspecified atom stereocenters. The van der Waals surface area contributed by atoms with Crippen LogP contribution in [0.1, 0.15) is 30.8 Å². The van der Waals surface area contributed by atoms with Crippen LogP contribution in [0.2, 0.25) is 0 Å². The van der Waals surface area contributed by atoms with Crippen LogP contribution in [0.3, 0.4) is 0 Å². The van der Waals surface area contributed by atoms with Gasteiger partial charge in [0.2, 0.25) is 5.71 Å². The number of hydrogen-bond donors (Lipinski definition) is 0. The first-order valence-electron chi connectivity index (χ1n) is 8.71. The van der Waals surface area contributed by atoms with Gasteiger partial charge in [-0.25, -0.2) is 4.98 Å². The first kappa shape index (κ1) is 15.9. The molecule has 1 aliphatic rings. The molecule has 5 heteroatoms. The highest BCUT2D eigenvalue weighted by molar-refractivity contribution is 5.98. The number of hydrogen-bond acceptors (Lipinski definition) is 4. The number of furan rings is 1. The van der Waals surface area contributed by atoms with Gasteiger partial charge in [0.05, 0.1) is 12.6 Å². The van der Waals surface area contributed by atoms with E-state index >= 15 is 0 Å². The third-order valence-electron chi connectivity index (χ3n) is 4.88. The summed E-state index contributed by atoms with van der Waals surface area (Å²) < 4.78 is 11.0. The van der Waals surface area contributed by atoms with Crippen molar-refractivity contribution in [2.75, 3.05) is 20.2 Å². The number of amides is 1. The lowest BCUT2D eigenvalue weighted by Crippen LogP contribution is -2.42. The third-order valence-corrected chi connectivity index (χ3v) is 4.88. The highest BCUT2D eigenvalue weighted by Gasteiger charge is 2.28. The van der Waals surface area contributed by atoms with Crippen LogP contribution >= 0.6 is 0 Å². The number of piperidine rings is 1. The number of pyridine rings is 1. The van der Waals surface area contributed by atoms with E-state index in [-0.39, 0.29) is 5.91 Å². The number of fused-ring (bicyclic) bond motifs is 2. The van der Waals surface area contributed by atoms with Crippen LogP contribution in [-0.4, -0.2) is 36.0 Å². The highest BCUT2D eigenvalue weighted by atomic mass is 16.5. The van der Waals surface area contributed by atoms with Gasteiger partial charge in [-0.1, -0.05) is 13.8 Å². The molecule has 0 saturated carbocycles. The lowest BCUT2D eigenvalue weighted by molar-refractivity contribution is 0.0593. The predicted octanol–water partition coefficient (Wildman–Crippen LogP) is 4.11. The number of likely N-dealkylation sites (tertiary alicyclic amines) is 1. The molecule has 2 aromatic heterocycles. The van der Waals surface area contributed by atoms with Gasteiger partial charge in [-0.2, -0.15) is 0 Å². The quantitative estimate of drug-likeness (QED) is 0.706. The molecular weight excluding hydrogens is 316 g/mol. The Hall–Kier alpha value is -2.56. The standard InChI is InChI=1S/C20H22N2O3/c1-12-6-13(2)11-22(10-12)20(23)18-8-15-7-14-4-5-16(24-3)9-17(14)21-19(15)25-18/h4-5,7-9,12-13H,6,10-11H2,1-3H3/t12-,13+. The van der Waals surface area contributed by atoms with Gasteiger partial charge in [-0.15, -0.1) is 0 Å². The molecule has 130 valence electrons. The molecule has 4 rings (SSSR count). The van der Waals surface area contributed by atoms with Crippen LogP contribution < -0.4 is 4.74 Å². The molecule has 25 heavy (non-hydrogen) atoms. The maximum Gasteiger partial charge on any atom is 0.289 e. The van der Waals surface area contributed by atoms with Crippen LogP contribution in [0.15, 0.2) is 34.7 Å². The summed E-state index contributed by atoms with van der Waals surface area (Å²) in [6.07, 6.45) is 1.17. The molecule has 0 aliphatic carbocycles. The van der Waals surface area contributed by atoms with Gasteiger partial charge in [-0.3, -0.25) is 4.79 Å². The molecule has 1 fully saturated rings. The maximum absolute atomic E-state index is 12.8. The van der Waals surface area contributed by atoms with Crippen LogP contribution in [-0.2, 0) is 0 Å². The van der Waals surface area contributed by atoms with Crippen LogP contribution in [0.4, 0.5) is 0 Å². The van der Waals surface area contributed by atoms with Crippen molar-refractivity contribution >= 4 is 27.9 Å². The minimum absolute atomic E-state index is 0.0435. The molecule has 0 N–H and O–H groups in total. The normalized spacial score (nSPS) is 21.0. The lowest BCUT2D eigenvalue weighted by atomic mass is 9.92. The molecule has 2 atom stereocenters. The smallest absolute Gasteiger partial charge is 0.289 e. The van der Waals surface area contributed by atoms with E-state index in [9.17, 15) is 4.79 Å². The zero-order valence-electron chi connectivity index (χ0n) is 14.8. The Morgan fingerprint density at radius 1 is 1.16 bits per heavy atom. The fourth-order valence-corrected chi connectivity index (χ4v) is 3.82. The zero-order valence-corrected chi connectivity index (χ0v) is 14.8. The molecular formula is C20H22N2O3. The summed E-state index contributed by atoms with van der Waals surface area (Å²) in [6, 6.07) is 9.53. The second-order valence-electron chi connectivity index (χ2n) is 7.21. The minimum atomic E-state index is -0.0435. The van der Waals surface area contributed by atoms with E-state index in [0.717, 1.165) is 35.1 Å². The van der Waals surface area contributed by atoms with E-state index in [4.69, 9.17) is 9.15 Å². The van der Waals surface area contributed by atoms with Crippen molar-refractivity contribution in [3.05, 3.63) is 36.1 Å². The Morgan fingerprint density at radius 2 is 1.92 bits per heavy atom. The van der Waals surface area contributed by atoms with E-state index < -0.39 is 0 Å². The zero-order chi connectivity index (χ0) is 17.6. The molecule has 0 radical (unpaired) electrons. The van der Waals surface area contributed by atoms with Gasteiger partial charge in [-0.05, 0) is 42.5 Å². The first-order valence-corrected chi connectivity index (χ1v) is 8.71. The monoisotopic (exact) mass is 338 g/mol. The molecule has 3 heterocycles. The number of aromatic nitrogens is 1. The SMILES string of the molecule is COc1ccc2cc3cc(C(=O)N4C[C@H](C)C[C@H](C)C4)oc3nc2c1. The number of methoxy groups -OCH3 is 1. The number of rotatable bonds is 2. The molecule has 5 nitrogen and oxygen atoms in total. The Labute approximate surface area is 146 Å². The molecule has 1 amide bonds. The number of benzene rings is 1. The Balaban J connectivity index is 1.70. The second-order valence-corrected chi connectivity index (χ2v) is 7.21. The molecule has 1 aromatic carbocycles. The van der Waals surface area contributed by atoms with Gasteiger partial charge in [0, 0.05) is 29.9 Å². The Morgan fingerprint density at radius 3 is 2.64 bits per heavy atom. The van der Waals surface area contributed by atoms with E-state index in [1.165, 1.54) is 6.42 Å². The summed E-state index contributed by atoms with van der Waals surface area (Å²) in [5.41, 5.74) is 1.28. The molecule has 0 bridgehead atoms. The fourth-order valence-electron chi connectivity index (χ4n) is 3.82. The maximum atomic E-state index is 12.8. The van der Waals surface area contributed by atoms with E-state index in [1.54, 1.807) is 13.2 Å². The van der Waals surface area contributed by atoms with Gasteiger partial charge >= 0.3 is 0 Å². The minimum Gasteiger partial charge on any atom is -0.497 e. The first-order chi connectivity index (χ1) is 12.0. The van der Waals surface area contributed by atoms with Gasteiger partial charge in [0.1, 0.15) is 5.75 Å². The Bertz CT molecular complexity index is 937. The van der Waals surface area contributed by atoms with Crippen LogP contribution in [0.25, 0.3) is 22.0 Å².